The molecule has 1 heterocycles. The number of nitrogens with zero attached hydrogens (tertiary/aromatic N) is 5. The van der Waals surface area contributed by atoms with Crippen molar-refractivity contribution in [2.75, 3.05) is 14.1 Å². The Morgan fingerprint density at radius 1 is 1.36 bits per heavy atom. The molecule has 0 N–H and O–H groups in total. The van der Waals surface area contributed by atoms with E-state index in [-0.39, 0.29) is 0 Å². The first-order valence-corrected chi connectivity index (χ1v) is 7.90. The minimum atomic E-state index is -1.14. The molecule has 1 atom stereocenters. The molecule has 0 aliphatic carbocycles. The third-order valence-electron chi connectivity index (χ3n) is 3.44. The van der Waals surface area contributed by atoms with Crippen molar-refractivity contribution >= 4 is 29.3 Å². The summed E-state index contributed by atoms with van der Waals surface area (Å²) in [6, 6.07) is 11.4. The topological polar surface area (TPSA) is 84.0 Å². The van der Waals surface area contributed by atoms with E-state index in [0.717, 1.165) is 5.56 Å². The van der Waals surface area contributed by atoms with E-state index < -0.39 is 11.0 Å². The second-order valence-corrected chi connectivity index (χ2v) is 5.66. The Hall–Kier alpha value is -2.80. The molecule has 0 saturated carbocycles. The number of aliphatic imine (C=N–C) groups is 2. The summed E-state index contributed by atoms with van der Waals surface area (Å²) in [6.07, 6.45) is 2.93. The molecule has 2 rings (SSSR count). The molecule has 2 aromatic rings. The maximum atomic E-state index is 11.5. The van der Waals surface area contributed by atoms with E-state index in [1.807, 2.05) is 24.3 Å². The van der Waals surface area contributed by atoms with Gasteiger partial charge in [0, 0.05) is 31.8 Å². The SMILES string of the molecule is CN=C(C(C=Nc1ccccc1)[N+](=O)[O-])N(C)Cc1ccc(Cl)nc1. The molecule has 1 aromatic carbocycles. The number of halogens is 1. The molecule has 0 aliphatic rings. The third-order valence-corrected chi connectivity index (χ3v) is 3.66. The van der Waals surface area contributed by atoms with Gasteiger partial charge in [0.05, 0.1) is 11.9 Å². The number of likely N-dealkylation sites (N-methyl/N-ethyl adjacent to an activating group) is 1. The van der Waals surface area contributed by atoms with Crippen LogP contribution in [0.3, 0.4) is 0 Å². The number of nitro groups is 1. The molecule has 0 saturated heterocycles. The highest BCUT2D eigenvalue weighted by Crippen LogP contribution is 2.12. The maximum absolute atomic E-state index is 11.5. The molecule has 25 heavy (non-hydrogen) atoms. The molecule has 0 bridgehead atoms. The lowest BCUT2D eigenvalue weighted by molar-refractivity contribution is -0.484. The Balaban J connectivity index is 2.17. The fourth-order valence-corrected chi connectivity index (χ4v) is 2.38. The van der Waals surface area contributed by atoms with Gasteiger partial charge in [-0.15, -0.1) is 0 Å². The molecular formula is C17H18ClN5O2. The molecular weight excluding hydrogens is 342 g/mol. The normalized spacial score (nSPS) is 13.0. The molecule has 0 amide bonds. The fourth-order valence-electron chi connectivity index (χ4n) is 2.27. The van der Waals surface area contributed by atoms with E-state index in [2.05, 4.69) is 15.0 Å². The summed E-state index contributed by atoms with van der Waals surface area (Å²) in [4.78, 5) is 25.1. The summed E-state index contributed by atoms with van der Waals surface area (Å²) in [5.41, 5.74) is 1.52. The molecule has 0 spiro atoms. The first-order valence-electron chi connectivity index (χ1n) is 7.52. The third kappa shape index (κ3) is 5.36. The van der Waals surface area contributed by atoms with Crippen LogP contribution in [0.1, 0.15) is 5.56 Å². The minimum Gasteiger partial charge on any atom is -0.353 e. The maximum Gasteiger partial charge on any atom is 0.304 e. The Kier molecular flexibility index (Phi) is 6.59. The predicted octanol–water partition coefficient (Wildman–Crippen LogP) is 3.24. The number of rotatable bonds is 6. The van der Waals surface area contributed by atoms with E-state index in [1.54, 1.807) is 36.3 Å². The second-order valence-electron chi connectivity index (χ2n) is 5.27. The molecule has 1 aromatic heterocycles. The summed E-state index contributed by atoms with van der Waals surface area (Å²) < 4.78 is 0. The summed E-state index contributed by atoms with van der Waals surface area (Å²) >= 11 is 5.77. The van der Waals surface area contributed by atoms with Crippen molar-refractivity contribution in [2.45, 2.75) is 12.6 Å². The number of amidine groups is 1. The van der Waals surface area contributed by atoms with Crippen molar-refractivity contribution in [1.82, 2.24) is 9.88 Å². The van der Waals surface area contributed by atoms with Crippen LogP contribution in [0, 0.1) is 10.1 Å². The lowest BCUT2D eigenvalue weighted by Gasteiger charge is -2.21. The van der Waals surface area contributed by atoms with Gasteiger partial charge >= 0.3 is 6.04 Å². The zero-order valence-corrected chi connectivity index (χ0v) is 14.7. The van der Waals surface area contributed by atoms with Gasteiger partial charge in [-0.3, -0.25) is 20.1 Å². The Morgan fingerprint density at radius 3 is 2.64 bits per heavy atom. The van der Waals surface area contributed by atoms with Gasteiger partial charge in [0.2, 0.25) is 0 Å². The zero-order valence-electron chi connectivity index (χ0n) is 13.9. The van der Waals surface area contributed by atoms with Crippen LogP contribution < -0.4 is 0 Å². The summed E-state index contributed by atoms with van der Waals surface area (Å²) in [5.74, 6) is 0.305. The Labute approximate surface area is 150 Å². The number of hydrogen-bond donors (Lipinski definition) is 0. The van der Waals surface area contributed by atoms with Crippen molar-refractivity contribution in [3.8, 4) is 0 Å². The average molecular weight is 360 g/mol. The van der Waals surface area contributed by atoms with Gasteiger partial charge in [-0.25, -0.2) is 4.98 Å². The van der Waals surface area contributed by atoms with Crippen LogP contribution in [-0.2, 0) is 6.54 Å². The smallest absolute Gasteiger partial charge is 0.304 e. The van der Waals surface area contributed by atoms with Crippen molar-refractivity contribution in [3.05, 3.63) is 69.5 Å². The van der Waals surface area contributed by atoms with Crippen LogP contribution in [0.2, 0.25) is 5.15 Å². The average Bonchev–Trinajstić information content (AvgIpc) is 2.61. The standard InChI is InChI=1S/C17H18ClN5O2/c1-19-17(22(2)12-13-8-9-16(18)21-10-13)15(23(24)25)11-20-14-6-4-3-5-7-14/h3-11,15H,12H2,1-2H3. The van der Waals surface area contributed by atoms with E-state index in [4.69, 9.17) is 11.6 Å². The van der Waals surface area contributed by atoms with Crippen molar-refractivity contribution in [1.29, 1.82) is 0 Å². The first kappa shape index (κ1) is 18.5. The molecule has 7 nitrogen and oxygen atoms in total. The number of benzene rings is 1. The van der Waals surface area contributed by atoms with E-state index >= 15 is 0 Å². The highest BCUT2D eigenvalue weighted by Gasteiger charge is 2.28. The van der Waals surface area contributed by atoms with Crippen molar-refractivity contribution in [3.63, 3.8) is 0 Å². The van der Waals surface area contributed by atoms with Crippen LogP contribution in [0.5, 0.6) is 0 Å². The van der Waals surface area contributed by atoms with Crippen molar-refractivity contribution < 1.29 is 4.92 Å². The van der Waals surface area contributed by atoms with E-state index in [9.17, 15) is 10.1 Å². The number of aromatic nitrogens is 1. The lowest BCUT2D eigenvalue weighted by Crippen LogP contribution is -2.41. The molecule has 0 radical (unpaired) electrons. The molecule has 130 valence electrons. The van der Waals surface area contributed by atoms with Crippen LogP contribution in [0.15, 0.2) is 58.6 Å². The van der Waals surface area contributed by atoms with Gasteiger partial charge in [-0.1, -0.05) is 35.9 Å². The van der Waals surface area contributed by atoms with Crippen LogP contribution >= 0.6 is 11.6 Å². The summed E-state index contributed by atoms with van der Waals surface area (Å²) in [7, 11) is 3.27. The molecule has 0 aliphatic heterocycles. The predicted molar refractivity (Wildman–Crippen MR) is 99.4 cm³/mol. The van der Waals surface area contributed by atoms with E-state index in [1.165, 1.54) is 13.3 Å². The van der Waals surface area contributed by atoms with Gasteiger partial charge in [0.15, 0.2) is 5.84 Å². The van der Waals surface area contributed by atoms with Gasteiger partial charge in [0.1, 0.15) is 5.15 Å². The van der Waals surface area contributed by atoms with Crippen molar-refractivity contribution in [2.24, 2.45) is 9.98 Å². The first-order chi connectivity index (χ1) is 12.0. The number of para-hydroxylation sites is 1. The van der Waals surface area contributed by atoms with Crippen LogP contribution in [-0.4, -0.2) is 47.0 Å². The Morgan fingerprint density at radius 2 is 2.08 bits per heavy atom. The quantitative estimate of drug-likeness (QED) is 0.260. The molecule has 8 heteroatoms. The van der Waals surface area contributed by atoms with Gasteiger partial charge < -0.3 is 4.90 Å². The summed E-state index contributed by atoms with van der Waals surface area (Å²) in [5, 5.41) is 11.9. The Bertz CT molecular complexity index is 762. The molecule has 0 fully saturated rings. The van der Waals surface area contributed by atoms with Gasteiger partial charge in [0.25, 0.3) is 0 Å². The van der Waals surface area contributed by atoms with Crippen LogP contribution in [0.25, 0.3) is 0 Å². The monoisotopic (exact) mass is 359 g/mol. The minimum absolute atomic E-state index is 0.305. The largest absolute Gasteiger partial charge is 0.353 e. The van der Waals surface area contributed by atoms with Crippen LogP contribution in [0.4, 0.5) is 5.69 Å². The zero-order chi connectivity index (χ0) is 18.2. The van der Waals surface area contributed by atoms with Gasteiger partial charge in [-0.2, -0.15) is 0 Å². The van der Waals surface area contributed by atoms with Gasteiger partial charge in [-0.05, 0) is 23.8 Å². The highest BCUT2D eigenvalue weighted by molar-refractivity contribution is 6.29. The summed E-state index contributed by atoms with van der Waals surface area (Å²) in [6.45, 7) is 0.417. The lowest BCUT2D eigenvalue weighted by atomic mass is 10.2. The fraction of sp³-hybridized carbons (Fsp3) is 0.235. The van der Waals surface area contributed by atoms with E-state index in [0.29, 0.717) is 23.2 Å². The second kappa shape index (κ2) is 8.89. The number of pyridine rings is 1. The molecule has 1 unspecified atom stereocenters. The highest BCUT2D eigenvalue weighted by atomic mass is 35.5. The number of hydrogen-bond acceptors (Lipinski definition) is 5.